The third kappa shape index (κ3) is 5.20. The van der Waals surface area contributed by atoms with Gasteiger partial charge in [-0.1, -0.05) is 11.6 Å². The molecule has 9 heteroatoms. The Bertz CT molecular complexity index is 853. The molecule has 2 fully saturated rings. The molecule has 0 aliphatic carbocycles. The van der Waals surface area contributed by atoms with Crippen LogP contribution in [0.5, 0.6) is 0 Å². The third-order valence-electron chi connectivity index (χ3n) is 5.42. The van der Waals surface area contributed by atoms with Gasteiger partial charge in [0.05, 0.1) is 17.1 Å². The van der Waals surface area contributed by atoms with Crippen molar-refractivity contribution in [1.29, 1.82) is 0 Å². The molecule has 154 valence electrons. The van der Waals surface area contributed by atoms with Gasteiger partial charge in [-0.3, -0.25) is 4.79 Å². The predicted molar refractivity (Wildman–Crippen MR) is 112 cm³/mol. The van der Waals surface area contributed by atoms with Crippen molar-refractivity contribution < 1.29 is 9.53 Å². The largest absolute Gasteiger partial charge is 0.381 e. The van der Waals surface area contributed by atoms with Crippen molar-refractivity contribution in [3.8, 4) is 11.1 Å². The number of nitrogens with one attached hydrogen (secondary N) is 3. The molecular formula is C20H25ClN6O2. The molecule has 2 aromatic heterocycles. The summed E-state index contributed by atoms with van der Waals surface area (Å²) in [6, 6.07) is 3.70. The molecule has 2 aromatic rings. The summed E-state index contributed by atoms with van der Waals surface area (Å²) in [5.74, 6) is 1.70. The van der Waals surface area contributed by atoms with Crippen LogP contribution in [0, 0.1) is 11.8 Å². The molecule has 1 atom stereocenters. The highest BCUT2D eigenvalue weighted by Crippen LogP contribution is 2.30. The minimum absolute atomic E-state index is 0.0255. The molecule has 0 saturated carbocycles. The van der Waals surface area contributed by atoms with Crippen molar-refractivity contribution >= 4 is 29.1 Å². The number of ether oxygens (including phenoxy) is 1. The van der Waals surface area contributed by atoms with Gasteiger partial charge < -0.3 is 20.7 Å². The maximum Gasteiger partial charge on any atom is 0.229 e. The van der Waals surface area contributed by atoms with Crippen LogP contribution in [-0.2, 0) is 9.53 Å². The Morgan fingerprint density at radius 3 is 2.86 bits per heavy atom. The molecule has 29 heavy (non-hydrogen) atoms. The zero-order chi connectivity index (χ0) is 20.1. The molecule has 3 N–H and O–H groups in total. The van der Waals surface area contributed by atoms with Crippen molar-refractivity contribution in [2.45, 2.75) is 19.3 Å². The number of halogens is 1. The van der Waals surface area contributed by atoms with E-state index in [2.05, 4.69) is 31.1 Å². The van der Waals surface area contributed by atoms with Crippen LogP contribution in [0.3, 0.4) is 0 Å². The fraction of sp³-hybridized carbons (Fsp3) is 0.500. The van der Waals surface area contributed by atoms with Crippen LogP contribution in [0.25, 0.3) is 11.1 Å². The topological polar surface area (TPSA) is 101 Å². The first-order valence-electron chi connectivity index (χ1n) is 10.0. The van der Waals surface area contributed by atoms with Gasteiger partial charge >= 0.3 is 0 Å². The number of amides is 1. The van der Waals surface area contributed by atoms with Gasteiger partial charge in [0.25, 0.3) is 0 Å². The van der Waals surface area contributed by atoms with Crippen LogP contribution >= 0.6 is 11.6 Å². The molecule has 2 aliphatic rings. The quantitative estimate of drug-likeness (QED) is 0.665. The highest BCUT2D eigenvalue weighted by atomic mass is 35.5. The van der Waals surface area contributed by atoms with E-state index in [1.54, 1.807) is 18.5 Å². The van der Waals surface area contributed by atoms with Crippen molar-refractivity contribution in [2.75, 3.05) is 43.5 Å². The smallest absolute Gasteiger partial charge is 0.229 e. The molecule has 1 amide bonds. The second kappa shape index (κ2) is 9.47. The predicted octanol–water partition coefficient (Wildman–Crippen LogP) is 2.58. The van der Waals surface area contributed by atoms with Gasteiger partial charge in [-0.2, -0.15) is 5.10 Å². The van der Waals surface area contributed by atoms with Crippen LogP contribution < -0.4 is 16.0 Å². The van der Waals surface area contributed by atoms with E-state index in [9.17, 15) is 4.79 Å². The number of nitrogens with zero attached hydrogens (tertiary/aromatic N) is 3. The molecular weight excluding hydrogens is 392 g/mol. The van der Waals surface area contributed by atoms with Gasteiger partial charge in [0, 0.05) is 43.6 Å². The van der Waals surface area contributed by atoms with Gasteiger partial charge in [0.1, 0.15) is 11.6 Å². The summed E-state index contributed by atoms with van der Waals surface area (Å²) in [5, 5.41) is 18.2. The van der Waals surface area contributed by atoms with Gasteiger partial charge in [-0.25, -0.2) is 4.98 Å². The Balaban J connectivity index is 1.46. The van der Waals surface area contributed by atoms with Crippen molar-refractivity contribution in [3.63, 3.8) is 0 Å². The SMILES string of the molecule is O=C(Nc1cc(-c2cnnc(NCC3CCOCC3)c2)c(Cl)cn1)[C@@H]1CCNC1. The first-order valence-corrected chi connectivity index (χ1v) is 10.4. The van der Waals surface area contributed by atoms with E-state index < -0.39 is 0 Å². The number of pyridine rings is 1. The zero-order valence-electron chi connectivity index (χ0n) is 16.2. The van der Waals surface area contributed by atoms with Crippen LogP contribution in [0.15, 0.2) is 24.5 Å². The molecule has 0 unspecified atom stereocenters. The summed E-state index contributed by atoms with van der Waals surface area (Å²) in [7, 11) is 0. The summed E-state index contributed by atoms with van der Waals surface area (Å²) < 4.78 is 5.40. The van der Waals surface area contributed by atoms with Crippen LogP contribution in [0.2, 0.25) is 5.02 Å². The molecule has 4 heterocycles. The van der Waals surface area contributed by atoms with E-state index in [1.165, 1.54) is 0 Å². The number of hydrogen-bond donors (Lipinski definition) is 3. The number of carbonyl (C=O) groups excluding carboxylic acids is 1. The van der Waals surface area contributed by atoms with Crippen LogP contribution in [0.1, 0.15) is 19.3 Å². The number of carbonyl (C=O) groups is 1. The fourth-order valence-corrected chi connectivity index (χ4v) is 3.85. The van der Waals surface area contributed by atoms with Gasteiger partial charge in [-0.05, 0) is 43.9 Å². The van der Waals surface area contributed by atoms with E-state index >= 15 is 0 Å². The van der Waals surface area contributed by atoms with Gasteiger partial charge in [0.15, 0.2) is 0 Å². The highest BCUT2D eigenvalue weighted by molar-refractivity contribution is 6.33. The molecule has 4 rings (SSSR count). The average Bonchev–Trinajstić information content (AvgIpc) is 3.30. The summed E-state index contributed by atoms with van der Waals surface area (Å²) >= 11 is 6.38. The van der Waals surface area contributed by atoms with Crippen LogP contribution in [-0.4, -0.2) is 53.9 Å². The Labute approximate surface area is 174 Å². The highest BCUT2D eigenvalue weighted by Gasteiger charge is 2.23. The lowest BCUT2D eigenvalue weighted by Crippen LogP contribution is -2.25. The number of rotatable bonds is 6. The molecule has 0 aromatic carbocycles. The molecule has 8 nitrogen and oxygen atoms in total. The van der Waals surface area contributed by atoms with Gasteiger partial charge in [-0.15, -0.1) is 5.10 Å². The summed E-state index contributed by atoms with van der Waals surface area (Å²) in [4.78, 5) is 16.6. The van der Waals surface area contributed by atoms with Crippen LogP contribution in [0.4, 0.5) is 11.6 Å². The number of anilines is 2. The fourth-order valence-electron chi connectivity index (χ4n) is 3.63. The van der Waals surface area contributed by atoms with Crippen molar-refractivity contribution in [1.82, 2.24) is 20.5 Å². The number of hydrogen-bond acceptors (Lipinski definition) is 7. The lowest BCUT2D eigenvalue weighted by Gasteiger charge is -2.22. The first kappa shape index (κ1) is 20.0. The molecule has 0 bridgehead atoms. The normalized spacial score (nSPS) is 19.8. The Morgan fingerprint density at radius 2 is 2.07 bits per heavy atom. The monoisotopic (exact) mass is 416 g/mol. The molecule has 2 aliphatic heterocycles. The van der Waals surface area contributed by atoms with E-state index in [4.69, 9.17) is 16.3 Å². The van der Waals surface area contributed by atoms with E-state index in [0.29, 0.717) is 29.1 Å². The maximum atomic E-state index is 12.4. The Morgan fingerprint density at radius 1 is 1.21 bits per heavy atom. The minimum Gasteiger partial charge on any atom is -0.381 e. The summed E-state index contributed by atoms with van der Waals surface area (Å²) in [6.07, 6.45) is 6.15. The van der Waals surface area contributed by atoms with E-state index in [-0.39, 0.29) is 11.8 Å². The Kier molecular flexibility index (Phi) is 6.53. The third-order valence-corrected chi connectivity index (χ3v) is 5.72. The minimum atomic E-state index is -0.0282. The van der Waals surface area contributed by atoms with Crippen molar-refractivity contribution in [3.05, 3.63) is 29.5 Å². The van der Waals surface area contributed by atoms with Crippen molar-refractivity contribution in [2.24, 2.45) is 11.8 Å². The molecule has 0 radical (unpaired) electrons. The molecule has 2 saturated heterocycles. The lowest BCUT2D eigenvalue weighted by molar-refractivity contribution is -0.119. The summed E-state index contributed by atoms with van der Waals surface area (Å²) in [5.41, 5.74) is 1.57. The van der Waals surface area contributed by atoms with Gasteiger partial charge in [0.2, 0.25) is 5.91 Å². The second-order valence-electron chi connectivity index (χ2n) is 7.49. The summed E-state index contributed by atoms with van der Waals surface area (Å²) in [6.45, 7) is 4.03. The average molecular weight is 417 g/mol. The maximum absolute atomic E-state index is 12.4. The number of aromatic nitrogens is 3. The second-order valence-corrected chi connectivity index (χ2v) is 7.90. The zero-order valence-corrected chi connectivity index (χ0v) is 16.9. The Hall–Kier alpha value is -2.29. The van der Waals surface area contributed by atoms with E-state index in [1.807, 2.05) is 6.07 Å². The standard InChI is InChI=1S/C20H25ClN6O2/c21-17-12-24-18(26-20(28)14-1-4-22-10-14)8-16(17)15-7-19(27-25-11-15)23-9-13-2-5-29-6-3-13/h7-8,11-14,22H,1-6,9-10H2,(H,23,27)(H,24,26,28)/t14-/m1/s1. The first-order chi connectivity index (χ1) is 14.2. The lowest BCUT2D eigenvalue weighted by atomic mass is 10.0. The molecule has 0 spiro atoms. The van der Waals surface area contributed by atoms with E-state index in [0.717, 1.165) is 56.7 Å².